The molecule has 0 bridgehead atoms. The summed E-state index contributed by atoms with van der Waals surface area (Å²) in [4.78, 5) is 80.0. The number of carbonyl (C=O) groups excluding carboxylic acids is 6. The van der Waals surface area contributed by atoms with Crippen LogP contribution in [-0.4, -0.2) is 78.7 Å². The summed E-state index contributed by atoms with van der Waals surface area (Å²) in [5, 5.41) is 2.12. The summed E-state index contributed by atoms with van der Waals surface area (Å²) in [6.07, 6.45) is -7.42. The van der Waals surface area contributed by atoms with Crippen LogP contribution in [0.5, 0.6) is 0 Å². The number of para-hydroxylation sites is 1. The quantitative estimate of drug-likeness (QED) is 0.131. The van der Waals surface area contributed by atoms with E-state index in [1.54, 1.807) is 30.3 Å². The highest BCUT2D eigenvalue weighted by molar-refractivity contribution is 6.03. The molecule has 1 amide bonds. The molecule has 4 unspecified atom stereocenters. The molecular formula is C24H31N5O11. The van der Waals surface area contributed by atoms with Crippen LogP contribution >= 0.6 is 0 Å². The van der Waals surface area contributed by atoms with Crippen LogP contribution in [0.1, 0.15) is 34.6 Å². The van der Waals surface area contributed by atoms with Gasteiger partial charge in [-0.25, -0.2) is 4.99 Å². The van der Waals surface area contributed by atoms with Crippen molar-refractivity contribution in [2.75, 3.05) is 6.61 Å². The van der Waals surface area contributed by atoms with Crippen molar-refractivity contribution >= 4 is 53.4 Å². The van der Waals surface area contributed by atoms with E-state index < -0.39 is 72.7 Å². The highest BCUT2D eigenvalue weighted by atomic mass is 16.6. The Balaban J connectivity index is 3.48. The molecule has 1 aromatic rings. The van der Waals surface area contributed by atoms with E-state index >= 15 is 0 Å². The van der Waals surface area contributed by atoms with Crippen LogP contribution in [0, 0.1) is 0 Å². The Morgan fingerprint density at radius 3 is 1.77 bits per heavy atom. The minimum atomic E-state index is -2.05. The standard InChI is InChI=1S/C24H31N5O11/c1-12(30)36-11-18(37-13(2)31)19(38-14(3)32)20(39-15(4)33)21(40-16(5)34)22(35)28-24(26)29-23(25)27-17-9-7-6-8-10-17/h6-10,18-21H,11H2,1-5H3,(H5,25,26,27,28,29,35). The fourth-order valence-corrected chi connectivity index (χ4v) is 3.10. The zero-order chi connectivity index (χ0) is 30.4. The van der Waals surface area contributed by atoms with E-state index in [1.165, 1.54) is 0 Å². The molecule has 0 fully saturated rings. The summed E-state index contributed by atoms with van der Waals surface area (Å²) in [5.41, 5.74) is 11.9. The van der Waals surface area contributed by atoms with Crippen molar-refractivity contribution in [3.8, 4) is 0 Å². The number of nitrogens with two attached hydrogens (primary N) is 2. The zero-order valence-corrected chi connectivity index (χ0v) is 22.4. The van der Waals surface area contributed by atoms with Crippen molar-refractivity contribution in [1.82, 2.24) is 5.32 Å². The van der Waals surface area contributed by atoms with E-state index in [9.17, 15) is 28.8 Å². The van der Waals surface area contributed by atoms with E-state index in [2.05, 4.69) is 15.3 Å². The van der Waals surface area contributed by atoms with Crippen LogP contribution in [0.25, 0.3) is 0 Å². The number of nitrogens with zero attached hydrogens (tertiary/aromatic N) is 2. The van der Waals surface area contributed by atoms with Crippen molar-refractivity contribution in [3.05, 3.63) is 30.3 Å². The van der Waals surface area contributed by atoms with Crippen molar-refractivity contribution in [2.24, 2.45) is 21.5 Å². The number of hydrogen-bond donors (Lipinski definition) is 3. The fraction of sp³-hybridized carbons (Fsp3) is 0.417. The van der Waals surface area contributed by atoms with Gasteiger partial charge in [0, 0.05) is 34.6 Å². The van der Waals surface area contributed by atoms with Gasteiger partial charge in [0.15, 0.2) is 18.3 Å². The van der Waals surface area contributed by atoms with Gasteiger partial charge in [-0.05, 0) is 12.1 Å². The molecule has 0 aliphatic carbocycles. The molecule has 0 radical (unpaired) electrons. The largest absolute Gasteiger partial charge is 0.462 e. The normalized spacial score (nSPS) is 14.4. The Labute approximate surface area is 229 Å². The molecule has 5 N–H and O–H groups in total. The van der Waals surface area contributed by atoms with Crippen molar-refractivity contribution in [1.29, 1.82) is 0 Å². The number of esters is 5. The van der Waals surface area contributed by atoms with Crippen molar-refractivity contribution in [3.63, 3.8) is 0 Å². The zero-order valence-electron chi connectivity index (χ0n) is 22.4. The van der Waals surface area contributed by atoms with Crippen molar-refractivity contribution in [2.45, 2.75) is 59.0 Å². The molecule has 0 aromatic heterocycles. The number of ether oxygens (including phenoxy) is 5. The lowest BCUT2D eigenvalue weighted by Gasteiger charge is -2.34. The second kappa shape index (κ2) is 16.1. The number of benzene rings is 1. The molecule has 218 valence electrons. The first-order chi connectivity index (χ1) is 18.7. The summed E-state index contributed by atoms with van der Waals surface area (Å²) in [6.45, 7) is 4.23. The summed E-state index contributed by atoms with van der Waals surface area (Å²) in [5.74, 6) is -6.87. The first-order valence-electron chi connectivity index (χ1n) is 11.6. The maximum atomic E-state index is 13.2. The second-order valence-corrected chi connectivity index (χ2v) is 7.92. The van der Waals surface area contributed by atoms with Gasteiger partial charge in [-0.2, -0.15) is 4.99 Å². The Kier molecular flexibility index (Phi) is 13.2. The van der Waals surface area contributed by atoms with Crippen LogP contribution in [0.2, 0.25) is 0 Å². The molecule has 1 rings (SSSR count). The molecule has 4 atom stereocenters. The maximum Gasteiger partial charge on any atom is 0.303 e. The third-order valence-electron chi connectivity index (χ3n) is 4.40. The summed E-state index contributed by atoms with van der Waals surface area (Å²) in [6, 6.07) is 8.40. The highest BCUT2D eigenvalue weighted by Gasteiger charge is 2.47. The third-order valence-corrected chi connectivity index (χ3v) is 4.40. The number of amides is 1. The number of nitrogens with one attached hydrogen (secondary N) is 1. The van der Waals surface area contributed by atoms with Crippen LogP contribution in [0.3, 0.4) is 0 Å². The van der Waals surface area contributed by atoms with Gasteiger partial charge in [0.2, 0.25) is 18.0 Å². The summed E-state index contributed by atoms with van der Waals surface area (Å²) in [7, 11) is 0. The van der Waals surface area contributed by atoms with Gasteiger partial charge >= 0.3 is 29.8 Å². The Hall–Kier alpha value is -5.02. The van der Waals surface area contributed by atoms with Crippen LogP contribution < -0.4 is 16.8 Å². The van der Waals surface area contributed by atoms with E-state index in [-0.39, 0.29) is 5.96 Å². The van der Waals surface area contributed by atoms with Crippen LogP contribution in [-0.2, 0) is 52.5 Å². The second-order valence-electron chi connectivity index (χ2n) is 7.92. The van der Waals surface area contributed by atoms with E-state index in [0.717, 1.165) is 34.6 Å². The minimum absolute atomic E-state index is 0.348. The van der Waals surface area contributed by atoms with Gasteiger partial charge in [-0.1, -0.05) is 18.2 Å². The topological polar surface area (TPSA) is 237 Å². The molecule has 1 aromatic carbocycles. The number of rotatable bonds is 11. The van der Waals surface area contributed by atoms with Crippen molar-refractivity contribution < 1.29 is 52.5 Å². The predicted molar refractivity (Wildman–Crippen MR) is 136 cm³/mol. The number of hydrogen-bond acceptors (Lipinski definition) is 12. The molecule has 0 aliphatic heterocycles. The molecule has 0 spiro atoms. The smallest absolute Gasteiger partial charge is 0.303 e. The Morgan fingerprint density at radius 1 is 0.750 bits per heavy atom. The van der Waals surface area contributed by atoms with Gasteiger partial charge in [0.25, 0.3) is 5.91 Å². The molecule has 0 aliphatic rings. The maximum absolute atomic E-state index is 13.2. The van der Waals surface area contributed by atoms with Gasteiger partial charge in [0.1, 0.15) is 6.61 Å². The Morgan fingerprint density at radius 2 is 1.27 bits per heavy atom. The summed E-state index contributed by atoms with van der Waals surface area (Å²) < 4.78 is 25.5. The molecule has 16 heteroatoms. The Bertz CT molecular complexity index is 1150. The van der Waals surface area contributed by atoms with E-state index in [1.807, 2.05) is 0 Å². The first kappa shape index (κ1) is 33.0. The molecular weight excluding hydrogens is 534 g/mol. The molecule has 0 saturated carbocycles. The molecule has 16 nitrogen and oxygen atoms in total. The minimum Gasteiger partial charge on any atom is -0.462 e. The van der Waals surface area contributed by atoms with Gasteiger partial charge < -0.3 is 35.2 Å². The average Bonchev–Trinajstić information content (AvgIpc) is 2.82. The molecule has 0 saturated heterocycles. The first-order valence-corrected chi connectivity index (χ1v) is 11.6. The van der Waals surface area contributed by atoms with Gasteiger partial charge in [0.05, 0.1) is 5.69 Å². The van der Waals surface area contributed by atoms with Gasteiger partial charge in [-0.15, -0.1) is 0 Å². The lowest BCUT2D eigenvalue weighted by Crippen LogP contribution is -2.58. The van der Waals surface area contributed by atoms with Crippen LogP contribution in [0.4, 0.5) is 5.69 Å². The monoisotopic (exact) mass is 565 g/mol. The van der Waals surface area contributed by atoms with E-state index in [0.29, 0.717) is 5.69 Å². The fourth-order valence-electron chi connectivity index (χ4n) is 3.10. The molecule has 0 heterocycles. The number of aliphatic imine (C=N–C) groups is 2. The van der Waals surface area contributed by atoms with Crippen LogP contribution in [0.15, 0.2) is 40.3 Å². The lowest BCUT2D eigenvalue weighted by molar-refractivity contribution is -0.203. The third kappa shape index (κ3) is 12.5. The highest BCUT2D eigenvalue weighted by Crippen LogP contribution is 2.20. The molecule has 40 heavy (non-hydrogen) atoms. The SMILES string of the molecule is CC(=O)OCC(OC(C)=O)C(OC(C)=O)C(OC(C)=O)C(OC(C)=O)C(=O)N/C(N)=N/C(N)=Nc1ccccc1. The predicted octanol–water partition coefficient (Wildman–Crippen LogP) is -0.646. The lowest BCUT2D eigenvalue weighted by atomic mass is 10.0. The summed E-state index contributed by atoms with van der Waals surface area (Å²) >= 11 is 0. The number of carbonyl (C=O) groups is 6. The number of guanidine groups is 2. The van der Waals surface area contributed by atoms with E-state index in [4.69, 9.17) is 35.2 Å². The average molecular weight is 566 g/mol. The van der Waals surface area contributed by atoms with Gasteiger partial charge in [-0.3, -0.25) is 34.1 Å².